The Morgan fingerprint density at radius 2 is 2.05 bits per heavy atom. The van der Waals surface area contributed by atoms with Crippen LogP contribution >= 0.6 is 0 Å². The average molecular weight is 293 g/mol. The third-order valence-corrected chi connectivity index (χ3v) is 4.16. The van der Waals surface area contributed by atoms with E-state index in [1.165, 1.54) is 25.7 Å². The van der Waals surface area contributed by atoms with Gasteiger partial charge >= 0.3 is 0 Å². The lowest BCUT2D eigenvalue weighted by Crippen LogP contribution is -2.25. The fourth-order valence-electron chi connectivity index (χ4n) is 3.04. The average Bonchev–Trinajstić information content (AvgIpc) is 3.03. The summed E-state index contributed by atoms with van der Waals surface area (Å²) in [5.74, 6) is 1.85. The quantitative estimate of drug-likeness (QED) is 0.798. The zero-order chi connectivity index (χ0) is 15.1. The first kappa shape index (κ1) is 16.0. The molecule has 2 rings (SSSR count). The van der Waals surface area contributed by atoms with Gasteiger partial charge in [-0.05, 0) is 25.3 Å². The first-order chi connectivity index (χ1) is 10.3. The number of rotatable bonds is 8. The summed E-state index contributed by atoms with van der Waals surface area (Å²) < 4.78 is 10.6. The van der Waals surface area contributed by atoms with Gasteiger partial charge in [-0.3, -0.25) is 0 Å². The minimum absolute atomic E-state index is 0.210. The summed E-state index contributed by atoms with van der Waals surface area (Å²) in [6, 6.07) is 0.210. The lowest BCUT2D eigenvalue weighted by molar-refractivity contribution is 0.335. The molecule has 1 unspecified atom stereocenters. The molecule has 1 heterocycles. The van der Waals surface area contributed by atoms with Crippen LogP contribution in [0.1, 0.15) is 57.2 Å². The molecule has 1 fully saturated rings. The van der Waals surface area contributed by atoms with Crippen LogP contribution in [0.2, 0.25) is 0 Å². The van der Waals surface area contributed by atoms with Crippen molar-refractivity contribution >= 4 is 0 Å². The van der Waals surface area contributed by atoms with E-state index in [-0.39, 0.29) is 6.04 Å². The van der Waals surface area contributed by atoms with Crippen LogP contribution in [0.25, 0.3) is 0 Å². The number of hydrogen-bond acceptors (Lipinski definition) is 5. The molecule has 1 aliphatic carbocycles. The predicted molar refractivity (Wildman–Crippen MR) is 82.7 cm³/mol. The third kappa shape index (κ3) is 4.30. The van der Waals surface area contributed by atoms with Crippen LogP contribution in [-0.4, -0.2) is 30.7 Å². The lowest BCUT2D eigenvalue weighted by atomic mass is 9.96. The Bertz CT molecular complexity index is 434. The van der Waals surface area contributed by atoms with Crippen LogP contribution in [0, 0.1) is 5.92 Å². The molecule has 21 heavy (non-hydrogen) atoms. The maximum atomic E-state index is 5.42. The molecule has 0 spiro atoms. The second kappa shape index (κ2) is 8.17. The van der Waals surface area contributed by atoms with Crippen molar-refractivity contribution in [2.24, 2.45) is 5.92 Å². The van der Waals surface area contributed by atoms with Crippen LogP contribution in [0.5, 0.6) is 11.8 Å². The van der Waals surface area contributed by atoms with Crippen molar-refractivity contribution in [3.8, 4) is 11.8 Å². The van der Waals surface area contributed by atoms with E-state index in [2.05, 4.69) is 22.2 Å². The van der Waals surface area contributed by atoms with Gasteiger partial charge in [0.05, 0.1) is 26.5 Å². The lowest BCUT2D eigenvalue weighted by Gasteiger charge is -2.22. The Balaban J connectivity index is 2.17. The first-order valence-corrected chi connectivity index (χ1v) is 7.96. The van der Waals surface area contributed by atoms with E-state index in [4.69, 9.17) is 9.47 Å². The summed E-state index contributed by atoms with van der Waals surface area (Å²) in [5, 5.41) is 3.60. The van der Waals surface area contributed by atoms with Gasteiger partial charge in [0, 0.05) is 0 Å². The fourth-order valence-corrected chi connectivity index (χ4v) is 3.04. The molecule has 1 aromatic heterocycles. The van der Waals surface area contributed by atoms with E-state index in [1.807, 2.05) is 0 Å². The number of ether oxygens (including phenoxy) is 2. The number of nitrogens with zero attached hydrogens (tertiary/aromatic N) is 2. The summed E-state index contributed by atoms with van der Waals surface area (Å²) >= 11 is 0. The molecule has 1 N–H and O–H groups in total. The van der Waals surface area contributed by atoms with Gasteiger partial charge in [-0.25, -0.2) is 4.98 Å². The Morgan fingerprint density at radius 1 is 1.29 bits per heavy atom. The van der Waals surface area contributed by atoms with E-state index in [0.717, 1.165) is 31.0 Å². The minimum Gasteiger partial charge on any atom is -0.480 e. The maximum absolute atomic E-state index is 5.42. The van der Waals surface area contributed by atoms with E-state index < -0.39 is 0 Å². The highest BCUT2D eigenvalue weighted by molar-refractivity contribution is 5.25. The Kier molecular flexibility index (Phi) is 6.23. The molecule has 0 aromatic carbocycles. The molecule has 1 atom stereocenters. The molecular weight excluding hydrogens is 266 g/mol. The van der Waals surface area contributed by atoms with Crippen molar-refractivity contribution in [3.05, 3.63) is 11.9 Å². The van der Waals surface area contributed by atoms with E-state index in [9.17, 15) is 0 Å². The Morgan fingerprint density at radius 3 is 2.67 bits per heavy atom. The molecule has 0 bridgehead atoms. The van der Waals surface area contributed by atoms with Crippen LogP contribution in [0.4, 0.5) is 0 Å². The molecule has 0 radical (unpaired) electrons. The maximum Gasteiger partial charge on any atom is 0.240 e. The van der Waals surface area contributed by atoms with Crippen LogP contribution in [-0.2, 0) is 0 Å². The summed E-state index contributed by atoms with van der Waals surface area (Å²) in [6.07, 6.45) is 9.26. The largest absolute Gasteiger partial charge is 0.480 e. The van der Waals surface area contributed by atoms with Gasteiger partial charge in [0.25, 0.3) is 0 Å². The van der Waals surface area contributed by atoms with E-state index in [0.29, 0.717) is 11.8 Å². The monoisotopic (exact) mass is 293 g/mol. The number of aromatic nitrogens is 2. The smallest absolute Gasteiger partial charge is 0.240 e. The first-order valence-electron chi connectivity index (χ1n) is 7.96. The Labute approximate surface area is 127 Å². The van der Waals surface area contributed by atoms with Gasteiger partial charge < -0.3 is 14.8 Å². The molecule has 5 nitrogen and oxygen atoms in total. The van der Waals surface area contributed by atoms with Crippen LogP contribution < -0.4 is 14.8 Å². The molecule has 118 valence electrons. The number of methoxy groups -OCH3 is 2. The molecule has 0 aliphatic heterocycles. The summed E-state index contributed by atoms with van der Waals surface area (Å²) in [5.41, 5.74) is 0.902. The van der Waals surface area contributed by atoms with Crippen molar-refractivity contribution in [2.45, 2.75) is 51.5 Å². The predicted octanol–water partition coefficient (Wildman–Crippen LogP) is 3.11. The minimum atomic E-state index is 0.210. The fraction of sp³-hybridized carbons (Fsp3) is 0.750. The SMILES string of the molecule is CCCNC(CC1CCCC1)c1ncc(OC)nc1OC. The third-order valence-electron chi connectivity index (χ3n) is 4.16. The van der Waals surface area contributed by atoms with Gasteiger partial charge in [0.1, 0.15) is 5.69 Å². The summed E-state index contributed by atoms with van der Waals surface area (Å²) in [4.78, 5) is 8.91. The zero-order valence-electron chi connectivity index (χ0n) is 13.4. The van der Waals surface area contributed by atoms with Gasteiger partial charge in [-0.2, -0.15) is 4.98 Å². The van der Waals surface area contributed by atoms with Crippen molar-refractivity contribution in [2.75, 3.05) is 20.8 Å². The molecule has 5 heteroatoms. The normalized spacial score (nSPS) is 16.9. The summed E-state index contributed by atoms with van der Waals surface area (Å²) in [7, 11) is 3.23. The van der Waals surface area contributed by atoms with Gasteiger partial charge in [-0.1, -0.05) is 32.6 Å². The van der Waals surface area contributed by atoms with Crippen LogP contribution in [0.15, 0.2) is 6.20 Å². The molecule has 1 aliphatic rings. The Hall–Kier alpha value is -1.36. The highest BCUT2D eigenvalue weighted by atomic mass is 16.5. The molecule has 0 saturated heterocycles. The summed E-state index contributed by atoms with van der Waals surface area (Å²) in [6.45, 7) is 3.16. The number of hydrogen-bond donors (Lipinski definition) is 1. The highest BCUT2D eigenvalue weighted by Crippen LogP contribution is 2.34. The molecule has 1 aromatic rings. The van der Waals surface area contributed by atoms with Gasteiger partial charge in [0.2, 0.25) is 11.8 Å². The standard InChI is InChI=1S/C16H27N3O2/c1-4-9-17-13(10-12-7-5-6-8-12)15-16(21-3)19-14(20-2)11-18-15/h11-13,17H,4-10H2,1-3H3. The topological polar surface area (TPSA) is 56.3 Å². The molecule has 0 amide bonds. The van der Waals surface area contributed by atoms with Crippen molar-refractivity contribution in [1.82, 2.24) is 15.3 Å². The second-order valence-electron chi connectivity index (χ2n) is 5.70. The molecular formula is C16H27N3O2. The zero-order valence-corrected chi connectivity index (χ0v) is 13.4. The van der Waals surface area contributed by atoms with Crippen molar-refractivity contribution in [3.63, 3.8) is 0 Å². The molecule has 1 saturated carbocycles. The van der Waals surface area contributed by atoms with E-state index >= 15 is 0 Å². The van der Waals surface area contributed by atoms with Crippen molar-refractivity contribution in [1.29, 1.82) is 0 Å². The second-order valence-corrected chi connectivity index (χ2v) is 5.70. The highest BCUT2D eigenvalue weighted by Gasteiger charge is 2.25. The van der Waals surface area contributed by atoms with E-state index in [1.54, 1.807) is 20.4 Å². The van der Waals surface area contributed by atoms with Crippen LogP contribution in [0.3, 0.4) is 0 Å². The van der Waals surface area contributed by atoms with Gasteiger partial charge in [0.15, 0.2) is 0 Å². The van der Waals surface area contributed by atoms with Crippen molar-refractivity contribution < 1.29 is 9.47 Å². The van der Waals surface area contributed by atoms with Gasteiger partial charge in [-0.15, -0.1) is 0 Å². The number of nitrogens with one attached hydrogen (secondary N) is 1.